The minimum Gasteiger partial charge on any atom is -0.0907 e. The van der Waals surface area contributed by atoms with Crippen molar-refractivity contribution in [2.24, 2.45) is 5.92 Å². The molecular formula is C20H19P. The first kappa shape index (κ1) is 14.0. The van der Waals surface area contributed by atoms with Crippen LogP contribution in [0, 0.1) is 5.92 Å². The highest BCUT2D eigenvalue weighted by molar-refractivity contribution is 7.76. The molecule has 1 heteroatoms. The van der Waals surface area contributed by atoms with E-state index >= 15 is 0 Å². The monoisotopic (exact) mass is 290 g/mol. The van der Waals surface area contributed by atoms with E-state index in [2.05, 4.69) is 98.0 Å². The van der Waals surface area contributed by atoms with Gasteiger partial charge in [0.05, 0.1) is 0 Å². The zero-order valence-corrected chi connectivity index (χ0v) is 13.1. The molecule has 0 amide bonds. The molecule has 0 spiro atoms. The third-order valence-electron chi connectivity index (χ3n) is 3.61. The van der Waals surface area contributed by atoms with Gasteiger partial charge in [-0.2, -0.15) is 0 Å². The van der Waals surface area contributed by atoms with Crippen molar-refractivity contribution in [3.63, 3.8) is 0 Å². The summed E-state index contributed by atoms with van der Waals surface area (Å²) in [7, 11) is -0.456. The van der Waals surface area contributed by atoms with E-state index in [1.165, 1.54) is 15.9 Å². The standard InChI is InChI=1S/C20H19P/c1-2-10-17-11-9-16-20(17)21(18-12-5-3-6-13-18)19-14-7-4-8-15-19/h2-17H,1H3/b10-2+. The molecular weight excluding hydrogens is 271 g/mol. The molecule has 0 aliphatic heterocycles. The van der Waals surface area contributed by atoms with E-state index in [1.54, 1.807) is 0 Å². The van der Waals surface area contributed by atoms with Gasteiger partial charge >= 0.3 is 0 Å². The molecule has 0 nitrogen and oxygen atoms in total. The summed E-state index contributed by atoms with van der Waals surface area (Å²) >= 11 is 0. The van der Waals surface area contributed by atoms with Crippen molar-refractivity contribution in [1.82, 2.24) is 0 Å². The van der Waals surface area contributed by atoms with Gasteiger partial charge in [-0.25, -0.2) is 0 Å². The summed E-state index contributed by atoms with van der Waals surface area (Å²) in [4.78, 5) is 0. The summed E-state index contributed by atoms with van der Waals surface area (Å²) in [6.45, 7) is 2.09. The van der Waals surface area contributed by atoms with Gasteiger partial charge in [0, 0.05) is 5.92 Å². The summed E-state index contributed by atoms with van der Waals surface area (Å²) in [5, 5.41) is 4.35. The largest absolute Gasteiger partial charge is 0.0907 e. The second-order valence-corrected chi connectivity index (χ2v) is 7.25. The smallest absolute Gasteiger partial charge is 0.0212 e. The van der Waals surface area contributed by atoms with Crippen molar-refractivity contribution < 1.29 is 0 Å². The van der Waals surface area contributed by atoms with Gasteiger partial charge in [-0.15, -0.1) is 0 Å². The Morgan fingerprint density at radius 2 is 1.43 bits per heavy atom. The number of hydrogen-bond acceptors (Lipinski definition) is 0. The van der Waals surface area contributed by atoms with Gasteiger partial charge < -0.3 is 0 Å². The molecule has 2 aromatic carbocycles. The third-order valence-corrected chi connectivity index (χ3v) is 6.21. The van der Waals surface area contributed by atoms with E-state index in [-0.39, 0.29) is 0 Å². The van der Waals surface area contributed by atoms with Crippen molar-refractivity contribution in [3.05, 3.63) is 96.4 Å². The Balaban J connectivity index is 2.06. The van der Waals surface area contributed by atoms with E-state index in [0.29, 0.717) is 5.92 Å². The summed E-state index contributed by atoms with van der Waals surface area (Å²) < 4.78 is 0. The maximum absolute atomic E-state index is 2.30. The summed E-state index contributed by atoms with van der Waals surface area (Å²) in [5.41, 5.74) is 0. The molecule has 1 atom stereocenters. The number of rotatable bonds is 4. The van der Waals surface area contributed by atoms with Crippen LogP contribution in [0.4, 0.5) is 0 Å². The molecule has 2 aromatic rings. The Morgan fingerprint density at radius 1 is 0.857 bits per heavy atom. The first-order chi connectivity index (χ1) is 10.4. The lowest BCUT2D eigenvalue weighted by Crippen LogP contribution is -2.14. The van der Waals surface area contributed by atoms with Crippen LogP contribution in [0.2, 0.25) is 0 Å². The van der Waals surface area contributed by atoms with Crippen LogP contribution in [-0.2, 0) is 0 Å². The third kappa shape index (κ3) is 3.06. The van der Waals surface area contributed by atoms with E-state index in [9.17, 15) is 0 Å². The second-order valence-electron chi connectivity index (χ2n) is 5.03. The van der Waals surface area contributed by atoms with Crippen molar-refractivity contribution in [3.8, 4) is 0 Å². The SMILES string of the molecule is C/C=C/C1C=CC=C1P(c1ccccc1)c1ccccc1. The van der Waals surface area contributed by atoms with Gasteiger partial charge in [-0.3, -0.25) is 0 Å². The predicted molar refractivity (Wildman–Crippen MR) is 94.6 cm³/mol. The highest BCUT2D eigenvalue weighted by atomic mass is 31.1. The number of benzene rings is 2. The van der Waals surface area contributed by atoms with Crippen LogP contribution in [0.25, 0.3) is 0 Å². The molecule has 0 N–H and O–H groups in total. The Bertz CT molecular complexity index is 626. The zero-order chi connectivity index (χ0) is 14.5. The topological polar surface area (TPSA) is 0 Å². The molecule has 0 bridgehead atoms. The van der Waals surface area contributed by atoms with Crippen LogP contribution < -0.4 is 10.6 Å². The lowest BCUT2D eigenvalue weighted by Gasteiger charge is -2.23. The minimum absolute atomic E-state index is 0.432. The first-order valence-corrected chi connectivity index (χ1v) is 8.66. The van der Waals surface area contributed by atoms with Crippen molar-refractivity contribution in [2.45, 2.75) is 6.92 Å². The van der Waals surface area contributed by atoms with Crippen LogP contribution in [0.3, 0.4) is 0 Å². The molecule has 3 rings (SSSR count). The Labute approximate surface area is 128 Å². The first-order valence-electron chi connectivity index (χ1n) is 7.31. The van der Waals surface area contributed by atoms with Crippen LogP contribution in [0.15, 0.2) is 96.4 Å². The highest BCUT2D eigenvalue weighted by Gasteiger charge is 2.24. The molecule has 0 radical (unpaired) electrons. The van der Waals surface area contributed by atoms with Gasteiger partial charge in [0.25, 0.3) is 0 Å². The van der Waals surface area contributed by atoms with Gasteiger partial charge in [0.15, 0.2) is 0 Å². The lowest BCUT2D eigenvalue weighted by atomic mass is 10.1. The predicted octanol–water partition coefficient (Wildman–Crippen LogP) is 4.77. The molecule has 0 heterocycles. The van der Waals surface area contributed by atoms with E-state index < -0.39 is 7.92 Å². The molecule has 1 unspecified atom stereocenters. The van der Waals surface area contributed by atoms with Crippen molar-refractivity contribution in [2.75, 3.05) is 0 Å². The van der Waals surface area contributed by atoms with Gasteiger partial charge in [-0.05, 0) is 30.8 Å². The quantitative estimate of drug-likeness (QED) is 0.562. The van der Waals surface area contributed by atoms with Crippen LogP contribution >= 0.6 is 7.92 Å². The van der Waals surface area contributed by atoms with Gasteiger partial charge in [0.1, 0.15) is 0 Å². The van der Waals surface area contributed by atoms with E-state index in [4.69, 9.17) is 0 Å². The lowest BCUT2D eigenvalue weighted by molar-refractivity contribution is 1.06. The van der Waals surface area contributed by atoms with Crippen LogP contribution in [-0.4, -0.2) is 0 Å². The molecule has 104 valence electrons. The second kappa shape index (κ2) is 6.70. The van der Waals surface area contributed by atoms with Gasteiger partial charge in [0.2, 0.25) is 0 Å². The average molecular weight is 290 g/mol. The molecule has 0 saturated heterocycles. The van der Waals surface area contributed by atoms with Crippen LogP contribution in [0.5, 0.6) is 0 Å². The molecule has 0 aromatic heterocycles. The number of hydrogen-bond donors (Lipinski definition) is 0. The fraction of sp³-hybridized carbons (Fsp3) is 0.100. The normalized spacial score (nSPS) is 17.6. The van der Waals surface area contributed by atoms with Gasteiger partial charge in [-0.1, -0.05) is 91.0 Å². The Morgan fingerprint density at radius 3 is 1.95 bits per heavy atom. The zero-order valence-electron chi connectivity index (χ0n) is 12.2. The fourth-order valence-electron chi connectivity index (χ4n) is 2.68. The molecule has 1 aliphatic carbocycles. The summed E-state index contributed by atoms with van der Waals surface area (Å²) in [6, 6.07) is 21.8. The average Bonchev–Trinajstić information content (AvgIpc) is 2.98. The minimum atomic E-state index is -0.456. The van der Waals surface area contributed by atoms with E-state index in [0.717, 1.165) is 0 Å². The molecule has 0 saturated carbocycles. The Hall–Kier alpha value is -1.91. The van der Waals surface area contributed by atoms with Crippen molar-refractivity contribution >= 4 is 18.5 Å². The number of allylic oxidation sites excluding steroid dienone is 6. The fourth-order valence-corrected chi connectivity index (χ4v) is 5.22. The van der Waals surface area contributed by atoms with Crippen LogP contribution in [0.1, 0.15) is 6.92 Å². The molecule has 21 heavy (non-hydrogen) atoms. The summed E-state index contributed by atoms with van der Waals surface area (Å²) in [6.07, 6.45) is 11.2. The molecule has 0 fully saturated rings. The molecule has 1 aliphatic rings. The maximum atomic E-state index is 2.30. The maximum Gasteiger partial charge on any atom is 0.0212 e. The Kier molecular flexibility index (Phi) is 4.48. The van der Waals surface area contributed by atoms with Crippen molar-refractivity contribution in [1.29, 1.82) is 0 Å². The highest BCUT2D eigenvalue weighted by Crippen LogP contribution is 2.49. The van der Waals surface area contributed by atoms with E-state index in [1.807, 2.05) is 0 Å². The summed E-state index contributed by atoms with van der Waals surface area (Å²) in [5.74, 6) is 0.432.